The SMILES string of the molecule is C=C(/C=C(/F)C(=C)OCc1ccc(-c2ccc(C3CCC(C)CC3)c(F)c2F)cc1)OCC. The maximum Gasteiger partial charge on any atom is 0.168 e. The van der Waals surface area contributed by atoms with E-state index in [1.807, 2.05) is 0 Å². The molecule has 2 aromatic rings. The molecule has 0 aliphatic heterocycles. The Hall–Kier alpha value is -2.95. The summed E-state index contributed by atoms with van der Waals surface area (Å²) in [5, 5.41) is 0. The van der Waals surface area contributed by atoms with Crippen molar-refractivity contribution in [3.05, 3.63) is 95.7 Å². The predicted octanol–water partition coefficient (Wildman–Crippen LogP) is 8.36. The van der Waals surface area contributed by atoms with Crippen molar-refractivity contribution in [3.8, 4) is 11.1 Å². The normalized spacial score (nSPS) is 18.6. The Balaban J connectivity index is 1.66. The summed E-state index contributed by atoms with van der Waals surface area (Å²) in [5.41, 5.74) is 2.01. The molecule has 1 saturated carbocycles. The van der Waals surface area contributed by atoms with Gasteiger partial charge in [-0.25, -0.2) is 13.2 Å². The Morgan fingerprint density at radius 3 is 2.27 bits per heavy atom. The molecule has 3 rings (SSSR count). The van der Waals surface area contributed by atoms with Crippen molar-refractivity contribution in [1.29, 1.82) is 0 Å². The number of ether oxygens (including phenoxy) is 2. The third-order valence-corrected chi connectivity index (χ3v) is 6.13. The van der Waals surface area contributed by atoms with Crippen LogP contribution in [0.5, 0.6) is 0 Å². The lowest BCUT2D eigenvalue weighted by molar-refractivity contribution is 0.195. The summed E-state index contributed by atoms with van der Waals surface area (Å²) in [5.74, 6) is -1.46. The molecule has 2 nitrogen and oxygen atoms in total. The second-order valence-corrected chi connectivity index (χ2v) is 8.59. The van der Waals surface area contributed by atoms with Crippen LogP contribution in [0.3, 0.4) is 0 Å². The zero-order valence-electron chi connectivity index (χ0n) is 19.3. The van der Waals surface area contributed by atoms with Crippen LogP contribution in [0.1, 0.15) is 56.6 Å². The van der Waals surface area contributed by atoms with Gasteiger partial charge in [0.25, 0.3) is 0 Å². The molecule has 1 aliphatic rings. The molecule has 5 heteroatoms. The first-order valence-corrected chi connectivity index (χ1v) is 11.4. The van der Waals surface area contributed by atoms with Gasteiger partial charge in [0.15, 0.2) is 17.5 Å². The third kappa shape index (κ3) is 6.31. The van der Waals surface area contributed by atoms with Gasteiger partial charge >= 0.3 is 0 Å². The molecule has 0 saturated heterocycles. The molecule has 1 aliphatic carbocycles. The molecular formula is C28H31F3O2. The third-order valence-electron chi connectivity index (χ3n) is 6.13. The maximum absolute atomic E-state index is 14.9. The quantitative estimate of drug-likeness (QED) is 0.279. The van der Waals surface area contributed by atoms with Crippen LogP contribution in [0, 0.1) is 17.6 Å². The highest BCUT2D eigenvalue weighted by molar-refractivity contribution is 5.65. The van der Waals surface area contributed by atoms with E-state index in [0.29, 0.717) is 23.7 Å². The topological polar surface area (TPSA) is 18.5 Å². The van der Waals surface area contributed by atoms with Crippen molar-refractivity contribution >= 4 is 0 Å². The highest BCUT2D eigenvalue weighted by Crippen LogP contribution is 2.38. The van der Waals surface area contributed by atoms with Crippen molar-refractivity contribution in [2.45, 2.75) is 52.1 Å². The largest absolute Gasteiger partial charge is 0.494 e. The number of benzene rings is 2. The van der Waals surface area contributed by atoms with Crippen LogP contribution in [0.2, 0.25) is 0 Å². The van der Waals surface area contributed by atoms with Gasteiger partial charge in [0.1, 0.15) is 18.1 Å². The maximum atomic E-state index is 14.9. The average molecular weight is 457 g/mol. The lowest BCUT2D eigenvalue weighted by Gasteiger charge is -2.27. The van der Waals surface area contributed by atoms with Crippen molar-refractivity contribution in [1.82, 2.24) is 0 Å². The van der Waals surface area contributed by atoms with Gasteiger partial charge in [-0.3, -0.25) is 0 Å². The van der Waals surface area contributed by atoms with Crippen LogP contribution < -0.4 is 0 Å². The molecule has 0 spiro atoms. The molecule has 176 valence electrons. The number of hydrogen-bond acceptors (Lipinski definition) is 2. The van der Waals surface area contributed by atoms with Gasteiger partial charge in [0, 0.05) is 11.6 Å². The summed E-state index contributed by atoms with van der Waals surface area (Å²) in [7, 11) is 0. The molecule has 0 amide bonds. The molecule has 0 aromatic heterocycles. The van der Waals surface area contributed by atoms with E-state index in [9.17, 15) is 13.2 Å². The molecule has 0 bridgehead atoms. The Morgan fingerprint density at radius 1 is 0.970 bits per heavy atom. The van der Waals surface area contributed by atoms with E-state index in [4.69, 9.17) is 9.47 Å². The summed E-state index contributed by atoms with van der Waals surface area (Å²) in [6.07, 6.45) is 5.00. The second-order valence-electron chi connectivity index (χ2n) is 8.59. The van der Waals surface area contributed by atoms with Crippen LogP contribution >= 0.6 is 0 Å². The molecule has 0 radical (unpaired) electrons. The Labute approximate surface area is 194 Å². The van der Waals surface area contributed by atoms with E-state index in [1.54, 1.807) is 43.3 Å². The smallest absolute Gasteiger partial charge is 0.168 e. The van der Waals surface area contributed by atoms with Gasteiger partial charge in [-0.2, -0.15) is 0 Å². The van der Waals surface area contributed by atoms with Crippen molar-refractivity contribution in [2.24, 2.45) is 5.92 Å². The first-order valence-electron chi connectivity index (χ1n) is 11.4. The van der Waals surface area contributed by atoms with E-state index in [-0.39, 0.29) is 29.6 Å². The van der Waals surface area contributed by atoms with Crippen LogP contribution in [-0.2, 0) is 16.1 Å². The first kappa shape index (κ1) is 24.7. The molecule has 1 fully saturated rings. The minimum Gasteiger partial charge on any atom is -0.494 e. The van der Waals surface area contributed by atoms with Crippen molar-refractivity contribution in [2.75, 3.05) is 6.61 Å². The lowest BCUT2D eigenvalue weighted by Crippen LogP contribution is -2.13. The highest BCUT2D eigenvalue weighted by atomic mass is 19.2. The zero-order chi connectivity index (χ0) is 24.0. The number of allylic oxidation sites excluding steroid dienone is 2. The van der Waals surface area contributed by atoms with Gasteiger partial charge in [0.05, 0.1) is 6.61 Å². The average Bonchev–Trinajstić information content (AvgIpc) is 2.80. The van der Waals surface area contributed by atoms with Crippen LogP contribution in [-0.4, -0.2) is 6.61 Å². The summed E-state index contributed by atoms with van der Waals surface area (Å²) in [6.45, 7) is 11.6. The van der Waals surface area contributed by atoms with E-state index in [1.165, 1.54) is 0 Å². The number of hydrogen-bond donors (Lipinski definition) is 0. The molecule has 0 heterocycles. The fourth-order valence-corrected chi connectivity index (χ4v) is 4.14. The predicted molar refractivity (Wildman–Crippen MR) is 126 cm³/mol. The second kappa shape index (κ2) is 11.3. The highest BCUT2D eigenvalue weighted by Gasteiger charge is 2.25. The minimum absolute atomic E-state index is 0.0807. The summed E-state index contributed by atoms with van der Waals surface area (Å²) in [6, 6.07) is 10.2. The van der Waals surface area contributed by atoms with E-state index < -0.39 is 17.5 Å². The molecular weight excluding hydrogens is 425 g/mol. The fraction of sp³-hybridized carbons (Fsp3) is 0.357. The van der Waals surface area contributed by atoms with E-state index >= 15 is 0 Å². The van der Waals surface area contributed by atoms with Crippen LogP contribution in [0.25, 0.3) is 11.1 Å². The van der Waals surface area contributed by atoms with E-state index in [0.717, 1.165) is 37.3 Å². The Morgan fingerprint density at radius 2 is 1.64 bits per heavy atom. The fourth-order valence-electron chi connectivity index (χ4n) is 4.14. The lowest BCUT2D eigenvalue weighted by atomic mass is 9.79. The summed E-state index contributed by atoms with van der Waals surface area (Å²) in [4.78, 5) is 0. The van der Waals surface area contributed by atoms with Crippen molar-refractivity contribution < 1.29 is 22.6 Å². The van der Waals surface area contributed by atoms with Crippen LogP contribution in [0.4, 0.5) is 13.2 Å². The molecule has 0 unspecified atom stereocenters. The zero-order valence-corrected chi connectivity index (χ0v) is 19.3. The van der Waals surface area contributed by atoms with Crippen molar-refractivity contribution in [3.63, 3.8) is 0 Å². The summed E-state index contributed by atoms with van der Waals surface area (Å²) < 4.78 is 54.3. The Kier molecular flexibility index (Phi) is 8.43. The van der Waals surface area contributed by atoms with Gasteiger partial charge in [-0.15, -0.1) is 0 Å². The van der Waals surface area contributed by atoms with Crippen LogP contribution in [0.15, 0.2) is 73.0 Å². The van der Waals surface area contributed by atoms with Gasteiger partial charge < -0.3 is 9.47 Å². The molecule has 0 atom stereocenters. The monoisotopic (exact) mass is 456 g/mol. The van der Waals surface area contributed by atoms with E-state index in [2.05, 4.69) is 20.1 Å². The first-order chi connectivity index (χ1) is 15.8. The summed E-state index contributed by atoms with van der Waals surface area (Å²) >= 11 is 0. The van der Waals surface area contributed by atoms with Gasteiger partial charge in [-0.05, 0) is 48.3 Å². The molecule has 0 N–H and O–H groups in total. The van der Waals surface area contributed by atoms with Gasteiger partial charge in [0.2, 0.25) is 0 Å². The standard InChI is InChI=1S/C28H31F3O2/c1-5-32-19(3)16-26(29)20(4)33-17-21-8-12-23(13-9-21)25-15-14-24(27(30)28(25)31)22-10-6-18(2)7-11-22/h8-9,12-16,18,22H,3-7,10-11,17H2,1-2H3/b26-16+. The number of rotatable bonds is 9. The minimum atomic E-state index is -0.815. The number of halogens is 3. The van der Waals surface area contributed by atoms with Gasteiger partial charge in [-0.1, -0.05) is 69.3 Å². The Bertz CT molecular complexity index is 1020. The molecule has 2 aromatic carbocycles. The molecule has 33 heavy (non-hydrogen) atoms.